The molecule has 0 saturated carbocycles. The van der Waals surface area contributed by atoms with Gasteiger partial charge < -0.3 is 14.6 Å². The fraction of sp³-hybridized carbons (Fsp3) is 0.375. The average molecular weight is 393 g/mol. The molecular formula is C16H13F6N3O2. The highest BCUT2D eigenvalue weighted by molar-refractivity contribution is 5.65. The Hall–Kier alpha value is -2.72. The van der Waals surface area contributed by atoms with Crippen LogP contribution in [-0.4, -0.2) is 32.2 Å². The van der Waals surface area contributed by atoms with Gasteiger partial charge in [0, 0.05) is 25.2 Å². The Morgan fingerprint density at radius 1 is 1.11 bits per heavy atom. The lowest BCUT2D eigenvalue weighted by Crippen LogP contribution is -2.35. The van der Waals surface area contributed by atoms with Gasteiger partial charge >= 0.3 is 18.4 Å². The fourth-order valence-corrected chi connectivity index (χ4v) is 3.10. The Morgan fingerprint density at radius 3 is 2.37 bits per heavy atom. The zero-order valence-corrected chi connectivity index (χ0v) is 13.6. The Labute approximate surface area is 148 Å². The minimum absolute atomic E-state index is 0.0633. The van der Waals surface area contributed by atoms with Crippen LogP contribution in [0, 0.1) is 0 Å². The van der Waals surface area contributed by atoms with E-state index >= 15 is 0 Å². The van der Waals surface area contributed by atoms with Crippen molar-refractivity contribution >= 4 is 6.09 Å². The van der Waals surface area contributed by atoms with E-state index in [-0.39, 0.29) is 36.5 Å². The van der Waals surface area contributed by atoms with Gasteiger partial charge in [-0.05, 0) is 11.6 Å². The van der Waals surface area contributed by atoms with Crippen molar-refractivity contribution in [3.63, 3.8) is 0 Å². The molecule has 5 nitrogen and oxygen atoms in total. The second-order valence-electron chi connectivity index (χ2n) is 6.02. The van der Waals surface area contributed by atoms with Gasteiger partial charge in [-0.25, -0.2) is 9.78 Å². The summed E-state index contributed by atoms with van der Waals surface area (Å²) in [6, 6.07) is 4.39. The van der Waals surface area contributed by atoms with Crippen molar-refractivity contribution in [3.05, 3.63) is 52.6 Å². The highest BCUT2D eigenvalue weighted by Crippen LogP contribution is 2.36. The second-order valence-corrected chi connectivity index (χ2v) is 6.02. The first-order valence-electron chi connectivity index (χ1n) is 7.77. The summed E-state index contributed by atoms with van der Waals surface area (Å²) in [5.74, 6) is -1.34. The van der Waals surface area contributed by atoms with Gasteiger partial charge in [0.15, 0.2) is 0 Å². The molecule has 0 saturated heterocycles. The number of alkyl halides is 6. The Bertz CT molecular complexity index is 872. The van der Waals surface area contributed by atoms with Gasteiger partial charge in [0.2, 0.25) is 5.82 Å². The molecule has 3 rings (SSSR count). The maximum absolute atomic E-state index is 13.4. The lowest BCUT2D eigenvalue weighted by molar-refractivity contribution is -0.147. The van der Waals surface area contributed by atoms with E-state index in [1.807, 2.05) is 0 Å². The fourth-order valence-electron chi connectivity index (χ4n) is 3.10. The normalized spacial score (nSPS) is 15.0. The topological polar surface area (TPSA) is 58.4 Å². The van der Waals surface area contributed by atoms with Gasteiger partial charge in [-0.3, -0.25) is 0 Å². The maximum atomic E-state index is 13.4. The minimum Gasteiger partial charge on any atom is -0.465 e. The molecule has 1 aliphatic heterocycles. The summed E-state index contributed by atoms with van der Waals surface area (Å²) in [5.41, 5.74) is -1.35. The van der Waals surface area contributed by atoms with Crippen LogP contribution in [0.4, 0.5) is 31.1 Å². The van der Waals surface area contributed by atoms with Crippen LogP contribution < -0.4 is 0 Å². The number of hydrogen-bond acceptors (Lipinski definition) is 2. The quantitative estimate of drug-likeness (QED) is 0.785. The van der Waals surface area contributed by atoms with E-state index < -0.39 is 36.4 Å². The molecule has 1 amide bonds. The third-order valence-electron chi connectivity index (χ3n) is 4.29. The summed E-state index contributed by atoms with van der Waals surface area (Å²) in [6.45, 7) is -1.08. The van der Waals surface area contributed by atoms with E-state index in [9.17, 15) is 31.1 Å². The average Bonchev–Trinajstić information content (AvgIpc) is 2.92. The first kappa shape index (κ1) is 19.1. The molecule has 0 spiro atoms. The van der Waals surface area contributed by atoms with Crippen molar-refractivity contribution in [2.45, 2.75) is 31.9 Å². The predicted octanol–water partition coefficient (Wildman–Crippen LogP) is 4.01. The van der Waals surface area contributed by atoms with E-state index in [1.54, 1.807) is 0 Å². The van der Waals surface area contributed by atoms with Crippen molar-refractivity contribution in [2.75, 3.05) is 6.54 Å². The number of carbonyl (C=O) groups is 1. The van der Waals surface area contributed by atoms with Crippen LogP contribution in [0.3, 0.4) is 0 Å². The molecular weight excluding hydrogens is 380 g/mol. The van der Waals surface area contributed by atoms with E-state index in [4.69, 9.17) is 5.11 Å². The summed E-state index contributed by atoms with van der Waals surface area (Å²) in [4.78, 5) is 15.4. The van der Waals surface area contributed by atoms with Gasteiger partial charge in [-0.1, -0.05) is 18.2 Å². The summed E-state index contributed by atoms with van der Waals surface area (Å²) >= 11 is 0. The zero-order valence-electron chi connectivity index (χ0n) is 13.6. The van der Waals surface area contributed by atoms with Crippen molar-refractivity contribution < 1.29 is 36.2 Å². The van der Waals surface area contributed by atoms with Crippen LogP contribution in [0.2, 0.25) is 0 Å². The molecule has 0 atom stereocenters. The third kappa shape index (κ3) is 3.71. The van der Waals surface area contributed by atoms with Gasteiger partial charge in [-0.2, -0.15) is 26.3 Å². The summed E-state index contributed by atoms with van der Waals surface area (Å²) < 4.78 is 80.4. The molecule has 1 aromatic carbocycles. The molecule has 0 aliphatic carbocycles. The molecule has 27 heavy (non-hydrogen) atoms. The van der Waals surface area contributed by atoms with Crippen LogP contribution in [0.5, 0.6) is 0 Å². The van der Waals surface area contributed by atoms with E-state index in [2.05, 4.69) is 4.98 Å². The van der Waals surface area contributed by atoms with Crippen molar-refractivity contribution in [2.24, 2.45) is 0 Å². The number of imidazole rings is 1. The monoisotopic (exact) mass is 393 g/mol. The van der Waals surface area contributed by atoms with E-state index in [1.165, 1.54) is 6.07 Å². The van der Waals surface area contributed by atoms with Crippen LogP contribution >= 0.6 is 0 Å². The summed E-state index contributed by atoms with van der Waals surface area (Å²) in [5, 5.41) is 9.01. The van der Waals surface area contributed by atoms with E-state index in [0.29, 0.717) is 4.57 Å². The van der Waals surface area contributed by atoms with Crippen LogP contribution in [0.1, 0.15) is 28.3 Å². The molecule has 1 N–H and O–H groups in total. The van der Waals surface area contributed by atoms with Crippen molar-refractivity contribution in [3.8, 4) is 0 Å². The molecule has 0 fully saturated rings. The number of halogens is 6. The number of aromatic nitrogens is 2. The van der Waals surface area contributed by atoms with E-state index in [0.717, 1.165) is 23.1 Å². The van der Waals surface area contributed by atoms with Crippen LogP contribution in [0.25, 0.3) is 0 Å². The molecule has 0 bridgehead atoms. The molecule has 1 aromatic heterocycles. The second kappa shape index (κ2) is 6.46. The SMILES string of the molecule is O=C(O)N1CCc2c(nc(C(F)(F)F)n2Cc2ccccc2C(F)(F)F)C1. The third-order valence-corrected chi connectivity index (χ3v) is 4.29. The molecule has 11 heteroatoms. The largest absolute Gasteiger partial charge is 0.465 e. The molecule has 0 unspecified atom stereocenters. The number of fused-ring (bicyclic) bond motifs is 1. The highest BCUT2D eigenvalue weighted by Gasteiger charge is 2.41. The maximum Gasteiger partial charge on any atom is 0.449 e. The Balaban J connectivity index is 2.08. The first-order chi connectivity index (χ1) is 12.5. The number of rotatable bonds is 2. The Morgan fingerprint density at radius 2 is 1.78 bits per heavy atom. The van der Waals surface area contributed by atoms with Crippen LogP contribution in [-0.2, 0) is 31.9 Å². The Kier molecular flexibility index (Phi) is 4.56. The molecule has 146 valence electrons. The predicted molar refractivity (Wildman–Crippen MR) is 79.9 cm³/mol. The summed E-state index contributed by atoms with van der Waals surface area (Å²) in [7, 11) is 0. The standard InChI is InChI=1S/C16H13F6N3O2/c17-15(18,19)10-4-2-1-3-9(10)7-25-12-5-6-24(14(26)27)8-11(12)23-13(25)16(20,21)22/h1-4H,5-8H2,(H,26,27). The highest BCUT2D eigenvalue weighted by atomic mass is 19.4. The van der Waals surface area contributed by atoms with Crippen LogP contribution in [0.15, 0.2) is 24.3 Å². The lowest BCUT2D eigenvalue weighted by Gasteiger charge is -2.25. The van der Waals surface area contributed by atoms with Gasteiger partial charge in [0.1, 0.15) is 0 Å². The molecule has 2 aromatic rings. The first-order valence-corrected chi connectivity index (χ1v) is 7.77. The smallest absolute Gasteiger partial charge is 0.449 e. The molecule has 1 aliphatic rings. The number of amides is 1. The zero-order chi connectivity index (χ0) is 20.0. The van der Waals surface area contributed by atoms with Gasteiger partial charge in [0.25, 0.3) is 0 Å². The lowest BCUT2D eigenvalue weighted by atomic mass is 10.1. The van der Waals surface area contributed by atoms with Crippen molar-refractivity contribution in [1.29, 1.82) is 0 Å². The number of benzene rings is 1. The minimum atomic E-state index is -4.89. The number of nitrogens with zero attached hydrogens (tertiary/aromatic N) is 3. The summed E-state index contributed by atoms with van der Waals surface area (Å²) in [6.07, 6.45) is -11.0. The number of carboxylic acid groups (broad SMARTS) is 1. The van der Waals surface area contributed by atoms with Gasteiger partial charge in [-0.15, -0.1) is 0 Å². The molecule has 0 radical (unpaired) electrons. The number of hydrogen-bond donors (Lipinski definition) is 1. The van der Waals surface area contributed by atoms with Gasteiger partial charge in [0.05, 0.1) is 17.8 Å². The molecule has 2 heterocycles. The van der Waals surface area contributed by atoms with Crippen molar-refractivity contribution in [1.82, 2.24) is 14.5 Å².